The number of nitrogens with zero attached hydrogens (tertiary/aromatic N) is 1. The van der Waals surface area contributed by atoms with E-state index in [-0.39, 0.29) is 36.5 Å². The second kappa shape index (κ2) is 11.9. The van der Waals surface area contributed by atoms with Gasteiger partial charge in [-0.05, 0) is 46.8 Å². The number of halogens is 1. The number of rotatable bonds is 7. The van der Waals surface area contributed by atoms with Gasteiger partial charge in [-0.3, -0.25) is 4.79 Å². The molecule has 0 radical (unpaired) electrons. The van der Waals surface area contributed by atoms with E-state index in [0.29, 0.717) is 25.7 Å². The summed E-state index contributed by atoms with van der Waals surface area (Å²) in [5, 5.41) is 6.21. The molecule has 1 rings (SSSR count). The van der Waals surface area contributed by atoms with Crippen LogP contribution >= 0.6 is 24.0 Å². The van der Waals surface area contributed by atoms with Crippen molar-refractivity contribution in [3.05, 3.63) is 29.8 Å². The minimum atomic E-state index is -0.500. The highest BCUT2D eigenvalue weighted by Crippen LogP contribution is 2.10. The first-order chi connectivity index (χ1) is 11.3. The SMILES string of the molecule is CCNC(=NCC(=O)OC(C)(C)C)NCCOc1ccc(C)cc1.I. The van der Waals surface area contributed by atoms with Crippen LogP contribution in [0.15, 0.2) is 29.3 Å². The van der Waals surface area contributed by atoms with Gasteiger partial charge < -0.3 is 20.1 Å². The maximum atomic E-state index is 11.7. The molecule has 0 heterocycles. The maximum absolute atomic E-state index is 11.7. The first-order valence-electron chi connectivity index (χ1n) is 8.23. The van der Waals surface area contributed by atoms with E-state index in [2.05, 4.69) is 15.6 Å². The Bertz CT molecular complexity index is 539. The number of hydrogen-bond donors (Lipinski definition) is 2. The molecule has 2 N–H and O–H groups in total. The standard InChI is InChI=1S/C18H29N3O3.HI/c1-6-19-17(21-13-16(22)24-18(3,4)5)20-11-12-23-15-9-7-14(2)8-10-15;/h7-10H,6,11-13H2,1-5H3,(H2,19,20,21);1H. The van der Waals surface area contributed by atoms with Gasteiger partial charge in [0.1, 0.15) is 24.5 Å². The molecule has 0 atom stereocenters. The first-order valence-corrected chi connectivity index (χ1v) is 8.23. The van der Waals surface area contributed by atoms with E-state index >= 15 is 0 Å². The van der Waals surface area contributed by atoms with Gasteiger partial charge in [-0.1, -0.05) is 17.7 Å². The van der Waals surface area contributed by atoms with Crippen molar-refractivity contribution in [3.63, 3.8) is 0 Å². The van der Waals surface area contributed by atoms with Gasteiger partial charge in [0.05, 0.1) is 6.54 Å². The number of carbonyl (C=O) groups is 1. The summed E-state index contributed by atoms with van der Waals surface area (Å²) in [5.41, 5.74) is 0.699. The van der Waals surface area contributed by atoms with Crippen molar-refractivity contribution >= 4 is 35.9 Å². The molecule has 1 aromatic rings. The van der Waals surface area contributed by atoms with E-state index in [1.807, 2.05) is 58.9 Å². The third-order valence-electron chi connectivity index (χ3n) is 2.81. The third-order valence-corrected chi connectivity index (χ3v) is 2.81. The lowest BCUT2D eigenvalue weighted by molar-refractivity contribution is -0.152. The highest BCUT2D eigenvalue weighted by atomic mass is 127. The Labute approximate surface area is 167 Å². The number of aliphatic imine (C=N–C) groups is 1. The third kappa shape index (κ3) is 11.6. The summed E-state index contributed by atoms with van der Waals surface area (Å²) < 4.78 is 10.9. The number of benzene rings is 1. The molecular formula is C18H30IN3O3. The Morgan fingerprint density at radius 1 is 1.16 bits per heavy atom. The van der Waals surface area contributed by atoms with Crippen LogP contribution < -0.4 is 15.4 Å². The Morgan fingerprint density at radius 2 is 1.80 bits per heavy atom. The highest BCUT2D eigenvalue weighted by Gasteiger charge is 2.15. The Morgan fingerprint density at radius 3 is 2.36 bits per heavy atom. The summed E-state index contributed by atoms with van der Waals surface area (Å²) in [4.78, 5) is 15.9. The number of carbonyl (C=O) groups excluding carboxylic acids is 1. The number of esters is 1. The fourth-order valence-electron chi connectivity index (χ4n) is 1.83. The van der Waals surface area contributed by atoms with Gasteiger partial charge >= 0.3 is 5.97 Å². The van der Waals surface area contributed by atoms with Crippen LogP contribution in [0.3, 0.4) is 0 Å². The summed E-state index contributed by atoms with van der Waals surface area (Å²) >= 11 is 0. The van der Waals surface area contributed by atoms with Gasteiger partial charge in [0, 0.05) is 6.54 Å². The zero-order chi connectivity index (χ0) is 18.0. The second-order valence-corrected chi connectivity index (χ2v) is 6.37. The fourth-order valence-corrected chi connectivity index (χ4v) is 1.83. The van der Waals surface area contributed by atoms with Crippen molar-refractivity contribution in [1.29, 1.82) is 0 Å². The quantitative estimate of drug-likeness (QED) is 0.214. The highest BCUT2D eigenvalue weighted by molar-refractivity contribution is 14.0. The van der Waals surface area contributed by atoms with Gasteiger partial charge in [-0.25, -0.2) is 4.99 Å². The van der Waals surface area contributed by atoms with Crippen LogP contribution in [0.1, 0.15) is 33.3 Å². The topological polar surface area (TPSA) is 72.0 Å². The van der Waals surface area contributed by atoms with Crippen LogP contribution in [0.25, 0.3) is 0 Å². The van der Waals surface area contributed by atoms with Gasteiger partial charge in [-0.2, -0.15) is 0 Å². The van der Waals surface area contributed by atoms with Crippen LogP contribution in [0.2, 0.25) is 0 Å². The Hall–Kier alpha value is -1.51. The van der Waals surface area contributed by atoms with E-state index in [1.165, 1.54) is 5.56 Å². The van der Waals surface area contributed by atoms with Crippen molar-refractivity contribution in [2.45, 2.75) is 40.2 Å². The zero-order valence-electron chi connectivity index (χ0n) is 15.7. The predicted octanol–water partition coefficient (Wildman–Crippen LogP) is 2.89. The van der Waals surface area contributed by atoms with Crippen LogP contribution in [0.5, 0.6) is 5.75 Å². The summed E-state index contributed by atoms with van der Waals surface area (Å²) in [5.74, 6) is 1.05. The minimum Gasteiger partial charge on any atom is -0.492 e. The lowest BCUT2D eigenvalue weighted by atomic mass is 10.2. The van der Waals surface area contributed by atoms with Crippen molar-refractivity contribution in [3.8, 4) is 5.75 Å². The van der Waals surface area contributed by atoms with E-state index in [0.717, 1.165) is 5.75 Å². The molecule has 0 spiro atoms. The largest absolute Gasteiger partial charge is 0.492 e. The van der Waals surface area contributed by atoms with Crippen molar-refractivity contribution in [2.75, 3.05) is 26.2 Å². The van der Waals surface area contributed by atoms with E-state index in [4.69, 9.17) is 9.47 Å². The molecule has 0 saturated carbocycles. The monoisotopic (exact) mass is 463 g/mol. The first kappa shape index (κ1) is 23.5. The number of guanidine groups is 1. The van der Waals surface area contributed by atoms with Gasteiger partial charge in [0.25, 0.3) is 0 Å². The summed E-state index contributed by atoms with van der Waals surface area (Å²) in [6, 6.07) is 7.90. The number of nitrogens with one attached hydrogen (secondary N) is 2. The second-order valence-electron chi connectivity index (χ2n) is 6.37. The van der Waals surface area contributed by atoms with Gasteiger partial charge in [0.15, 0.2) is 5.96 Å². The van der Waals surface area contributed by atoms with E-state index in [1.54, 1.807) is 0 Å². The summed E-state index contributed by atoms with van der Waals surface area (Å²) in [6.07, 6.45) is 0. The summed E-state index contributed by atoms with van der Waals surface area (Å²) in [7, 11) is 0. The Balaban J connectivity index is 0.00000576. The smallest absolute Gasteiger partial charge is 0.328 e. The fraction of sp³-hybridized carbons (Fsp3) is 0.556. The van der Waals surface area contributed by atoms with Crippen molar-refractivity contribution in [1.82, 2.24) is 10.6 Å². The van der Waals surface area contributed by atoms with Crippen molar-refractivity contribution in [2.24, 2.45) is 4.99 Å². The molecule has 7 heteroatoms. The molecule has 0 aliphatic rings. The minimum absolute atomic E-state index is 0. The summed E-state index contributed by atoms with van der Waals surface area (Å²) in [6.45, 7) is 11.3. The number of ether oxygens (including phenoxy) is 2. The molecule has 0 amide bonds. The molecule has 0 aliphatic carbocycles. The van der Waals surface area contributed by atoms with Crippen LogP contribution in [0.4, 0.5) is 0 Å². The molecular weight excluding hydrogens is 433 g/mol. The molecule has 0 unspecified atom stereocenters. The molecule has 25 heavy (non-hydrogen) atoms. The molecule has 0 bridgehead atoms. The van der Waals surface area contributed by atoms with Gasteiger partial charge in [-0.15, -0.1) is 24.0 Å². The van der Waals surface area contributed by atoms with E-state index < -0.39 is 5.60 Å². The molecule has 1 aromatic carbocycles. The molecule has 0 fully saturated rings. The number of aryl methyl sites for hydroxylation is 1. The Kier molecular flexibility index (Phi) is 11.2. The van der Waals surface area contributed by atoms with Crippen LogP contribution in [-0.4, -0.2) is 43.8 Å². The van der Waals surface area contributed by atoms with Crippen LogP contribution in [0, 0.1) is 6.92 Å². The molecule has 0 aromatic heterocycles. The van der Waals surface area contributed by atoms with Crippen LogP contribution in [-0.2, 0) is 9.53 Å². The average molecular weight is 463 g/mol. The number of hydrogen-bond acceptors (Lipinski definition) is 4. The lowest BCUT2D eigenvalue weighted by Crippen LogP contribution is -2.40. The predicted molar refractivity (Wildman–Crippen MR) is 112 cm³/mol. The average Bonchev–Trinajstić information content (AvgIpc) is 2.49. The normalized spacial score (nSPS) is 11.3. The van der Waals surface area contributed by atoms with E-state index in [9.17, 15) is 4.79 Å². The maximum Gasteiger partial charge on any atom is 0.328 e. The molecule has 0 saturated heterocycles. The molecule has 6 nitrogen and oxygen atoms in total. The van der Waals surface area contributed by atoms with Crippen molar-refractivity contribution < 1.29 is 14.3 Å². The van der Waals surface area contributed by atoms with Gasteiger partial charge in [0.2, 0.25) is 0 Å². The molecule has 142 valence electrons. The molecule has 0 aliphatic heterocycles. The lowest BCUT2D eigenvalue weighted by Gasteiger charge is -2.19. The zero-order valence-corrected chi connectivity index (χ0v) is 18.0.